The second kappa shape index (κ2) is 10.9. The number of aromatic nitrogens is 1. The standard InChI is InChI=1S/C24H28FN3O2S/c25-23-9-5-4-8-20(23)16-30-17-22(29)15-28-12-10-27(11-13-28)14-21-18-31-24(26-21)19-6-2-1-3-7-19/h1-9,18,22,29H,10-17H2/t22-/m0/s1. The minimum absolute atomic E-state index is 0.177. The van der Waals surface area contributed by atoms with Crippen LogP contribution in [-0.2, 0) is 17.9 Å². The molecule has 0 amide bonds. The maximum Gasteiger partial charge on any atom is 0.128 e. The molecule has 5 nitrogen and oxygen atoms in total. The van der Waals surface area contributed by atoms with Gasteiger partial charge in [0, 0.05) is 55.8 Å². The van der Waals surface area contributed by atoms with Crippen LogP contribution in [0.25, 0.3) is 10.6 Å². The van der Waals surface area contributed by atoms with E-state index in [0.717, 1.165) is 49.0 Å². The second-order valence-corrected chi connectivity index (χ2v) is 8.71. The van der Waals surface area contributed by atoms with Crippen molar-refractivity contribution >= 4 is 11.3 Å². The molecule has 1 saturated heterocycles. The molecular weight excluding hydrogens is 413 g/mol. The van der Waals surface area contributed by atoms with Crippen molar-refractivity contribution < 1.29 is 14.2 Å². The zero-order valence-corrected chi connectivity index (χ0v) is 18.3. The number of rotatable bonds is 9. The molecule has 0 saturated carbocycles. The highest BCUT2D eigenvalue weighted by atomic mass is 32.1. The molecule has 1 fully saturated rings. The van der Waals surface area contributed by atoms with Crippen molar-refractivity contribution in [3.8, 4) is 10.6 Å². The number of piperazine rings is 1. The molecule has 31 heavy (non-hydrogen) atoms. The number of thiazole rings is 1. The third-order valence-corrected chi connectivity index (χ3v) is 6.36. The maximum absolute atomic E-state index is 13.6. The summed E-state index contributed by atoms with van der Waals surface area (Å²) in [5.74, 6) is -0.274. The Kier molecular flexibility index (Phi) is 7.77. The van der Waals surface area contributed by atoms with Crippen LogP contribution in [-0.4, -0.2) is 65.3 Å². The van der Waals surface area contributed by atoms with Crippen LogP contribution < -0.4 is 0 Å². The first-order valence-corrected chi connectivity index (χ1v) is 11.5. The first-order valence-electron chi connectivity index (χ1n) is 10.6. The van der Waals surface area contributed by atoms with Crippen molar-refractivity contribution in [3.05, 3.63) is 77.1 Å². The van der Waals surface area contributed by atoms with Gasteiger partial charge in [0.05, 0.1) is 25.0 Å². The minimum atomic E-state index is -0.578. The number of ether oxygens (including phenoxy) is 1. The molecule has 1 N–H and O–H groups in total. The first-order chi connectivity index (χ1) is 15.2. The van der Waals surface area contributed by atoms with Gasteiger partial charge in [-0.05, 0) is 6.07 Å². The van der Waals surface area contributed by atoms with Crippen LogP contribution in [0.2, 0.25) is 0 Å². The van der Waals surface area contributed by atoms with Gasteiger partial charge in [-0.1, -0.05) is 48.5 Å². The van der Waals surface area contributed by atoms with Crippen molar-refractivity contribution in [1.29, 1.82) is 0 Å². The van der Waals surface area contributed by atoms with Gasteiger partial charge in [0.25, 0.3) is 0 Å². The molecule has 0 spiro atoms. The zero-order chi connectivity index (χ0) is 21.5. The molecule has 0 bridgehead atoms. The molecule has 4 rings (SSSR count). The summed E-state index contributed by atoms with van der Waals surface area (Å²) in [5, 5.41) is 13.5. The lowest BCUT2D eigenvalue weighted by molar-refractivity contribution is 0.000191. The normalized spacial score (nSPS) is 16.5. The molecule has 1 atom stereocenters. The number of β-amino-alcohol motifs (C(OH)–C–C–N with tert-alkyl or cyclic N) is 1. The highest BCUT2D eigenvalue weighted by Crippen LogP contribution is 2.24. The number of aliphatic hydroxyl groups is 1. The van der Waals surface area contributed by atoms with Gasteiger partial charge in [-0.3, -0.25) is 9.80 Å². The Morgan fingerprint density at radius 3 is 2.48 bits per heavy atom. The Morgan fingerprint density at radius 1 is 1.00 bits per heavy atom. The summed E-state index contributed by atoms with van der Waals surface area (Å²) in [5.41, 5.74) is 2.79. The Bertz CT molecular complexity index is 945. The molecule has 2 heterocycles. The zero-order valence-electron chi connectivity index (χ0n) is 17.5. The summed E-state index contributed by atoms with van der Waals surface area (Å²) in [6, 6.07) is 16.8. The average Bonchev–Trinajstić information content (AvgIpc) is 3.26. The van der Waals surface area contributed by atoms with E-state index in [1.807, 2.05) is 18.2 Å². The lowest BCUT2D eigenvalue weighted by Crippen LogP contribution is -2.48. The largest absolute Gasteiger partial charge is 0.389 e. The van der Waals surface area contributed by atoms with Gasteiger partial charge in [0.1, 0.15) is 10.8 Å². The number of aliphatic hydroxyl groups excluding tert-OH is 1. The third kappa shape index (κ3) is 6.41. The topological polar surface area (TPSA) is 48.8 Å². The Morgan fingerprint density at radius 2 is 1.71 bits per heavy atom. The molecule has 0 radical (unpaired) electrons. The summed E-state index contributed by atoms with van der Waals surface area (Å²) in [4.78, 5) is 9.45. The van der Waals surface area contributed by atoms with Crippen molar-refractivity contribution in [1.82, 2.24) is 14.8 Å². The monoisotopic (exact) mass is 441 g/mol. The lowest BCUT2D eigenvalue weighted by atomic mass is 10.2. The second-order valence-electron chi connectivity index (χ2n) is 7.85. The average molecular weight is 442 g/mol. The first kappa shape index (κ1) is 22.0. The third-order valence-electron chi connectivity index (χ3n) is 5.42. The van der Waals surface area contributed by atoms with Gasteiger partial charge < -0.3 is 9.84 Å². The fraction of sp³-hybridized carbons (Fsp3) is 0.375. The molecule has 2 aromatic carbocycles. The van der Waals surface area contributed by atoms with Crippen LogP contribution in [0.15, 0.2) is 60.0 Å². The van der Waals surface area contributed by atoms with Crippen LogP contribution in [0.3, 0.4) is 0 Å². The highest BCUT2D eigenvalue weighted by molar-refractivity contribution is 7.13. The van der Waals surface area contributed by atoms with E-state index in [0.29, 0.717) is 12.1 Å². The predicted octanol–water partition coefficient (Wildman–Crippen LogP) is 3.64. The number of halogens is 1. The summed E-state index contributed by atoms with van der Waals surface area (Å²) in [7, 11) is 0. The quantitative estimate of drug-likeness (QED) is 0.549. The van der Waals surface area contributed by atoms with Gasteiger partial charge in [-0.2, -0.15) is 0 Å². The van der Waals surface area contributed by atoms with E-state index in [4.69, 9.17) is 9.72 Å². The van der Waals surface area contributed by atoms with Crippen molar-refractivity contribution in [2.24, 2.45) is 0 Å². The smallest absolute Gasteiger partial charge is 0.128 e. The van der Waals surface area contributed by atoms with E-state index >= 15 is 0 Å². The number of hydrogen-bond donors (Lipinski definition) is 1. The summed E-state index contributed by atoms with van der Waals surface area (Å²) < 4.78 is 19.1. The summed E-state index contributed by atoms with van der Waals surface area (Å²) in [6.07, 6.45) is -0.578. The van der Waals surface area contributed by atoms with Crippen LogP contribution >= 0.6 is 11.3 Å². The maximum atomic E-state index is 13.6. The van der Waals surface area contributed by atoms with E-state index in [2.05, 4.69) is 27.3 Å². The molecule has 1 aromatic heterocycles. The van der Waals surface area contributed by atoms with Crippen molar-refractivity contribution in [2.45, 2.75) is 19.3 Å². The summed E-state index contributed by atoms with van der Waals surface area (Å²) in [6.45, 7) is 5.50. The number of hydrogen-bond acceptors (Lipinski definition) is 6. The van der Waals surface area contributed by atoms with E-state index in [1.165, 1.54) is 6.07 Å². The molecule has 7 heteroatoms. The van der Waals surface area contributed by atoms with Gasteiger partial charge in [0.2, 0.25) is 0 Å². The van der Waals surface area contributed by atoms with E-state index in [1.54, 1.807) is 29.5 Å². The number of benzene rings is 2. The van der Waals surface area contributed by atoms with Crippen molar-refractivity contribution in [3.63, 3.8) is 0 Å². The minimum Gasteiger partial charge on any atom is -0.389 e. The van der Waals surface area contributed by atoms with Gasteiger partial charge >= 0.3 is 0 Å². The SMILES string of the molecule is O[C@H](COCc1ccccc1F)CN1CCN(Cc2csc(-c3ccccc3)n2)CC1. The fourth-order valence-electron chi connectivity index (χ4n) is 3.72. The fourth-order valence-corrected chi connectivity index (χ4v) is 4.54. The van der Waals surface area contributed by atoms with Crippen LogP contribution in [0.4, 0.5) is 4.39 Å². The molecule has 1 aliphatic heterocycles. The van der Waals surface area contributed by atoms with Gasteiger partial charge in [-0.15, -0.1) is 11.3 Å². The Hall–Kier alpha value is -2.16. The predicted molar refractivity (Wildman–Crippen MR) is 121 cm³/mol. The van der Waals surface area contributed by atoms with E-state index < -0.39 is 6.10 Å². The molecule has 1 aliphatic rings. The van der Waals surface area contributed by atoms with Gasteiger partial charge in [-0.25, -0.2) is 9.37 Å². The Balaban J connectivity index is 1.16. The van der Waals surface area contributed by atoms with Crippen LogP contribution in [0, 0.1) is 5.82 Å². The highest BCUT2D eigenvalue weighted by Gasteiger charge is 2.20. The van der Waals surface area contributed by atoms with E-state index in [-0.39, 0.29) is 19.0 Å². The molecule has 0 unspecified atom stereocenters. The molecule has 3 aromatic rings. The lowest BCUT2D eigenvalue weighted by Gasteiger charge is -2.35. The summed E-state index contributed by atoms with van der Waals surface area (Å²) >= 11 is 1.69. The van der Waals surface area contributed by atoms with Crippen molar-refractivity contribution in [2.75, 3.05) is 39.3 Å². The van der Waals surface area contributed by atoms with Crippen LogP contribution in [0.1, 0.15) is 11.3 Å². The van der Waals surface area contributed by atoms with Gasteiger partial charge in [0.15, 0.2) is 0 Å². The van der Waals surface area contributed by atoms with Crippen LogP contribution in [0.5, 0.6) is 0 Å². The number of nitrogens with zero attached hydrogens (tertiary/aromatic N) is 3. The Labute approximate surface area is 186 Å². The van der Waals surface area contributed by atoms with E-state index in [9.17, 15) is 9.50 Å². The molecule has 0 aliphatic carbocycles. The molecular formula is C24H28FN3O2S. The molecule has 164 valence electrons.